The molecule has 4 nitrogen and oxygen atoms in total. The Bertz CT molecular complexity index is 1420. The van der Waals surface area contributed by atoms with E-state index in [-0.39, 0.29) is 11.4 Å². The number of carbonyl (C=O) groups excluding carboxylic acids is 1. The van der Waals surface area contributed by atoms with Crippen molar-refractivity contribution in [2.45, 2.75) is 58.9 Å². The Labute approximate surface area is 220 Å². The fourth-order valence-corrected chi connectivity index (χ4v) is 5.14. The highest BCUT2D eigenvalue weighted by Gasteiger charge is 2.27. The molecule has 1 fully saturated rings. The van der Waals surface area contributed by atoms with Crippen LogP contribution in [0.4, 0.5) is 0 Å². The number of ether oxygens (including phenoxy) is 2. The summed E-state index contributed by atoms with van der Waals surface area (Å²) in [5, 5.41) is 1.10. The van der Waals surface area contributed by atoms with Crippen molar-refractivity contribution in [3.05, 3.63) is 89.1 Å². The zero-order valence-corrected chi connectivity index (χ0v) is 22.6. The highest BCUT2D eigenvalue weighted by Crippen LogP contribution is 2.39. The molecule has 0 radical (unpaired) electrons. The molecular formula is C33H37NO3. The monoisotopic (exact) mass is 495 g/mol. The van der Waals surface area contributed by atoms with Crippen LogP contribution in [0.3, 0.4) is 0 Å². The number of carbonyl (C=O) groups is 1. The van der Waals surface area contributed by atoms with Gasteiger partial charge in [0.1, 0.15) is 11.4 Å². The molecule has 1 heterocycles. The van der Waals surface area contributed by atoms with E-state index in [9.17, 15) is 4.79 Å². The molecule has 192 valence electrons. The minimum Gasteiger partial charge on any atom is -0.497 e. The van der Waals surface area contributed by atoms with Gasteiger partial charge in [0, 0.05) is 23.0 Å². The Kier molecular flexibility index (Phi) is 6.85. The van der Waals surface area contributed by atoms with Crippen LogP contribution in [0.1, 0.15) is 67.7 Å². The number of esters is 1. The molecule has 0 spiro atoms. The molecule has 0 bridgehead atoms. The lowest BCUT2D eigenvalue weighted by Gasteiger charge is -2.19. The van der Waals surface area contributed by atoms with E-state index < -0.39 is 0 Å². The van der Waals surface area contributed by atoms with E-state index in [0.29, 0.717) is 18.8 Å². The van der Waals surface area contributed by atoms with Gasteiger partial charge in [0.15, 0.2) is 0 Å². The molecule has 0 amide bonds. The summed E-state index contributed by atoms with van der Waals surface area (Å²) in [5.74, 6) is 1.30. The van der Waals surface area contributed by atoms with Crippen LogP contribution >= 0.6 is 0 Å². The first-order chi connectivity index (χ1) is 17.8. The van der Waals surface area contributed by atoms with Gasteiger partial charge in [-0.1, -0.05) is 63.2 Å². The third-order valence-electron chi connectivity index (χ3n) is 7.33. The summed E-state index contributed by atoms with van der Waals surface area (Å²) < 4.78 is 13.2. The molecule has 37 heavy (non-hydrogen) atoms. The van der Waals surface area contributed by atoms with Crippen LogP contribution in [0.15, 0.2) is 66.7 Å². The molecule has 0 atom stereocenters. The molecule has 1 aliphatic rings. The highest BCUT2D eigenvalue weighted by atomic mass is 16.5. The van der Waals surface area contributed by atoms with Crippen molar-refractivity contribution in [3.8, 4) is 16.9 Å². The second-order valence-electron chi connectivity index (χ2n) is 11.2. The van der Waals surface area contributed by atoms with Crippen LogP contribution in [0.5, 0.6) is 5.75 Å². The number of methoxy groups -OCH3 is 1. The van der Waals surface area contributed by atoms with E-state index in [4.69, 9.17) is 9.47 Å². The van der Waals surface area contributed by atoms with Gasteiger partial charge in [-0.2, -0.15) is 0 Å². The summed E-state index contributed by atoms with van der Waals surface area (Å²) in [7, 11) is 1.68. The average Bonchev–Trinajstić information content (AvgIpc) is 3.64. The van der Waals surface area contributed by atoms with Crippen LogP contribution in [-0.4, -0.2) is 24.3 Å². The van der Waals surface area contributed by atoms with Gasteiger partial charge in [-0.15, -0.1) is 0 Å². The number of benzene rings is 3. The second kappa shape index (κ2) is 10.1. The Morgan fingerprint density at radius 1 is 0.973 bits per heavy atom. The number of hydrogen-bond donors (Lipinski definition) is 0. The minimum atomic E-state index is -0.291. The maximum absolute atomic E-state index is 13.6. The zero-order valence-electron chi connectivity index (χ0n) is 22.6. The first-order valence-corrected chi connectivity index (χ1v) is 13.3. The number of aromatic nitrogens is 1. The summed E-state index contributed by atoms with van der Waals surface area (Å²) >= 11 is 0. The first kappa shape index (κ1) is 25.1. The van der Waals surface area contributed by atoms with Crippen molar-refractivity contribution in [2.24, 2.45) is 5.92 Å². The van der Waals surface area contributed by atoms with Crippen LogP contribution in [-0.2, 0) is 23.1 Å². The highest BCUT2D eigenvalue weighted by molar-refractivity contribution is 6.09. The molecule has 1 saturated carbocycles. The summed E-state index contributed by atoms with van der Waals surface area (Å²) in [5.41, 5.74) is 7.36. The molecule has 3 aromatic carbocycles. The van der Waals surface area contributed by atoms with Gasteiger partial charge >= 0.3 is 5.97 Å². The largest absolute Gasteiger partial charge is 0.497 e. The van der Waals surface area contributed by atoms with Gasteiger partial charge in [0.2, 0.25) is 0 Å². The van der Waals surface area contributed by atoms with Crippen molar-refractivity contribution in [3.63, 3.8) is 0 Å². The topological polar surface area (TPSA) is 40.5 Å². The number of fused-ring (bicyclic) bond motifs is 1. The lowest BCUT2D eigenvalue weighted by molar-refractivity contribution is 0.0516. The Balaban J connectivity index is 1.73. The molecule has 0 N–H and O–H groups in total. The van der Waals surface area contributed by atoms with E-state index >= 15 is 0 Å². The molecule has 0 saturated heterocycles. The van der Waals surface area contributed by atoms with Gasteiger partial charge in [-0.25, -0.2) is 4.79 Å². The Morgan fingerprint density at radius 2 is 1.73 bits per heavy atom. The minimum absolute atomic E-state index is 0.0559. The van der Waals surface area contributed by atoms with Gasteiger partial charge in [-0.3, -0.25) is 0 Å². The van der Waals surface area contributed by atoms with Gasteiger partial charge in [0.25, 0.3) is 0 Å². The Morgan fingerprint density at radius 3 is 2.38 bits per heavy atom. The van der Waals surface area contributed by atoms with Crippen LogP contribution < -0.4 is 4.74 Å². The summed E-state index contributed by atoms with van der Waals surface area (Å²) in [6, 6.07) is 23.4. The van der Waals surface area contributed by atoms with Crippen molar-refractivity contribution in [1.82, 2.24) is 4.57 Å². The van der Waals surface area contributed by atoms with E-state index in [1.165, 1.54) is 24.0 Å². The predicted molar refractivity (Wildman–Crippen MR) is 151 cm³/mol. The summed E-state index contributed by atoms with van der Waals surface area (Å²) in [6.07, 6.45) is 3.71. The van der Waals surface area contributed by atoms with Gasteiger partial charge < -0.3 is 14.0 Å². The standard InChI is InChI=1S/C33H37NO3/c1-6-37-32(35)31-30(25-13-15-26(16-14-25)33(2,3)4)28-20-23(18-22-10-11-22)12-17-29(28)34(31)21-24-8-7-9-27(19-24)36-5/h7-9,12-17,19-20,22H,6,10-11,18,21H2,1-5H3. The van der Waals surface area contributed by atoms with E-state index in [1.54, 1.807) is 7.11 Å². The fourth-order valence-electron chi connectivity index (χ4n) is 5.14. The summed E-state index contributed by atoms with van der Waals surface area (Å²) in [6.45, 7) is 9.39. The average molecular weight is 496 g/mol. The van der Waals surface area contributed by atoms with Crippen LogP contribution in [0.25, 0.3) is 22.0 Å². The fraction of sp³-hybridized carbons (Fsp3) is 0.364. The molecule has 4 heteroatoms. The normalized spacial score (nSPS) is 13.6. The van der Waals surface area contributed by atoms with E-state index in [1.807, 2.05) is 25.1 Å². The van der Waals surface area contributed by atoms with Gasteiger partial charge in [-0.05, 0) is 84.0 Å². The lowest BCUT2D eigenvalue weighted by Crippen LogP contribution is -2.14. The third-order valence-corrected chi connectivity index (χ3v) is 7.33. The van der Waals surface area contributed by atoms with Crippen LogP contribution in [0, 0.1) is 5.92 Å². The number of rotatable bonds is 8. The van der Waals surface area contributed by atoms with Crippen LogP contribution in [0.2, 0.25) is 0 Å². The molecule has 1 aliphatic carbocycles. The quantitative estimate of drug-likeness (QED) is 0.234. The zero-order chi connectivity index (χ0) is 26.2. The Hall–Kier alpha value is -3.53. The van der Waals surface area contributed by atoms with Crippen molar-refractivity contribution in [2.75, 3.05) is 13.7 Å². The maximum Gasteiger partial charge on any atom is 0.355 e. The number of nitrogens with zero attached hydrogens (tertiary/aromatic N) is 1. The smallest absolute Gasteiger partial charge is 0.355 e. The molecular weight excluding hydrogens is 458 g/mol. The SMILES string of the molecule is CCOC(=O)c1c(-c2ccc(C(C)(C)C)cc2)c2cc(CC3CC3)ccc2n1Cc1cccc(OC)c1. The number of hydrogen-bond acceptors (Lipinski definition) is 3. The van der Waals surface area contributed by atoms with E-state index in [0.717, 1.165) is 45.7 Å². The molecule has 1 aromatic heterocycles. The van der Waals surface area contributed by atoms with Gasteiger partial charge in [0.05, 0.1) is 13.7 Å². The van der Waals surface area contributed by atoms with Crippen molar-refractivity contribution >= 4 is 16.9 Å². The first-order valence-electron chi connectivity index (χ1n) is 13.3. The van der Waals surface area contributed by atoms with Crippen molar-refractivity contribution in [1.29, 1.82) is 0 Å². The third kappa shape index (κ3) is 5.29. The maximum atomic E-state index is 13.6. The molecule has 0 unspecified atom stereocenters. The second-order valence-corrected chi connectivity index (χ2v) is 11.2. The predicted octanol–water partition coefficient (Wildman–Crippen LogP) is 7.79. The molecule has 0 aliphatic heterocycles. The van der Waals surface area contributed by atoms with E-state index in [2.05, 4.69) is 73.9 Å². The lowest BCUT2D eigenvalue weighted by atomic mass is 9.86. The molecule has 4 aromatic rings. The molecule has 5 rings (SSSR count). The van der Waals surface area contributed by atoms with Crippen molar-refractivity contribution < 1.29 is 14.3 Å². The summed E-state index contributed by atoms with van der Waals surface area (Å²) in [4.78, 5) is 13.6.